The number of aromatic amines is 1. The molecule has 2 rings (SSSR count). The van der Waals surface area contributed by atoms with Crippen molar-refractivity contribution in [2.75, 3.05) is 0 Å². The lowest BCUT2D eigenvalue weighted by Gasteiger charge is -2.03. The summed E-state index contributed by atoms with van der Waals surface area (Å²) in [5, 5.41) is 10.1. The second-order valence-electron chi connectivity index (χ2n) is 3.32. The summed E-state index contributed by atoms with van der Waals surface area (Å²) in [6.07, 6.45) is 1.76. The van der Waals surface area contributed by atoms with E-state index in [0.29, 0.717) is 0 Å². The van der Waals surface area contributed by atoms with E-state index in [-0.39, 0.29) is 0 Å². The smallest absolute Gasteiger partial charge is 0.0490 e. The maximum absolute atomic E-state index is 3.89. The summed E-state index contributed by atoms with van der Waals surface area (Å²) in [7, 11) is 0. The lowest BCUT2D eigenvalue weighted by atomic mass is 10.2. The fourth-order valence-corrected chi connectivity index (χ4v) is 1.82. The summed E-state index contributed by atoms with van der Waals surface area (Å²) in [4.78, 5) is 0. The van der Waals surface area contributed by atoms with Gasteiger partial charge in [-0.05, 0) is 23.8 Å². The van der Waals surface area contributed by atoms with Gasteiger partial charge in [0.05, 0.1) is 0 Å². The Balaban J connectivity index is 1.83. The molecule has 1 aromatic carbocycles. The second-order valence-corrected chi connectivity index (χ2v) is 4.23. The highest BCUT2D eigenvalue weighted by Crippen LogP contribution is 2.11. The molecule has 0 fully saturated rings. The van der Waals surface area contributed by atoms with Crippen LogP contribution < -0.4 is 5.32 Å². The molecule has 0 saturated heterocycles. The highest BCUT2D eigenvalue weighted by molar-refractivity contribution is 9.10. The van der Waals surface area contributed by atoms with Crippen molar-refractivity contribution in [2.45, 2.75) is 13.1 Å². The van der Waals surface area contributed by atoms with Crippen LogP contribution in [0.2, 0.25) is 0 Å². The van der Waals surface area contributed by atoms with Crippen molar-refractivity contribution < 1.29 is 0 Å². The van der Waals surface area contributed by atoms with Crippen molar-refractivity contribution >= 4 is 15.9 Å². The molecule has 0 amide bonds. The maximum atomic E-state index is 3.89. The Bertz CT molecular complexity index is 412. The first-order valence-electron chi connectivity index (χ1n) is 4.78. The SMILES string of the molecule is Brc1cccc(CNCc2ccn[nH]2)c1. The van der Waals surface area contributed by atoms with Gasteiger partial charge in [0.2, 0.25) is 0 Å². The Kier molecular flexibility index (Phi) is 3.53. The normalized spacial score (nSPS) is 10.5. The number of nitrogens with zero attached hydrogens (tertiary/aromatic N) is 1. The van der Waals surface area contributed by atoms with Gasteiger partial charge in [-0.2, -0.15) is 5.10 Å². The number of nitrogens with one attached hydrogen (secondary N) is 2. The summed E-state index contributed by atoms with van der Waals surface area (Å²) in [6, 6.07) is 10.2. The van der Waals surface area contributed by atoms with Crippen LogP contribution in [-0.2, 0) is 13.1 Å². The average Bonchev–Trinajstić information content (AvgIpc) is 2.71. The van der Waals surface area contributed by atoms with Crippen molar-refractivity contribution in [1.82, 2.24) is 15.5 Å². The van der Waals surface area contributed by atoms with E-state index in [1.165, 1.54) is 5.56 Å². The summed E-state index contributed by atoms with van der Waals surface area (Å²) in [5.74, 6) is 0. The van der Waals surface area contributed by atoms with Gasteiger partial charge in [0.1, 0.15) is 0 Å². The topological polar surface area (TPSA) is 40.7 Å². The number of benzene rings is 1. The third-order valence-corrected chi connectivity index (χ3v) is 2.59. The zero-order valence-electron chi connectivity index (χ0n) is 8.20. The van der Waals surface area contributed by atoms with Gasteiger partial charge in [-0.1, -0.05) is 28.1 Å². The summed E-state index contributed by atoms with van der Waals surface area (Å²) in [6.45, 7) is 1.67. The number of rotatable bonds is 4. The van der Waals surface area contributed by atoms with Crippen LogP contribution in [0, 0.1) is 0 Å². The molecule has 1 heterocycles. The van der Waals surface area contributed by atoms with Crippen LogP contribution in [0.25, 0.3) is 0 Å². The van der Waals surface area contributed by atoms with Crippen molar-refractivity contribution in [3.05, 3.63) is 52.3 Å². The number of hydrogen-bond acceptors (Lipinski definition) is 2. The van der Waals surface area contributed by atoms with E-state index < -0.39 is 0 Å². The van der Waals surface area contributed by atoms with E-state index in [1.807, 2.05) is 18.2 Å². The molecule has 0 aliphatic rings. The molecule has 0 aliphatic heterocycles. The minimum absolute atomic E-state index is 0.812. The van der Waals surface area contributed by atoms with Gasteiger partial charge in [-0.3, -0.25) is 5.10 Å². The van der Waals surface area contributed by atoms with Crippen LogP contribution in [-0.4, -0.2) is 10.2 Å². The van der Waals surface area contributed by atoms with Gasteiger partial charge >= 0.3 is 0 Å². The maximum Gasteiger partial charge on any atom is 0.0490 e. The van der Waals surface area contributed by atoms with Crippen LogP contribution in [0.3, 0.4) is 0 Å². The quantitative estimate of drug-likeness (QED) is 0.892. The first-order valence-corrected chi connectivity index (χ1v) is 5.57. The van der Waals surface area contributed by atoms with Crippen LogP contribution in [0.15, 0.2) is 41.0 Å². The Morgan fingerprint density at radius 3 is 2.93 bits per heavy atom. The average molecular weight is 266 g/mol. The predicted octanol–water partition coefficient (Wildman–Crippen LogP) is 2.46. The van der Waals surface area contributed by atoms with Crippen LogP contribution in [0.4, 0.5) is 0 Å². The van der Waals surface area contributed by atoms with E-state index in [1.54, 1.807) is 6.20 Å². The molecule has 3 nitrogen and oxygen atoms in total. The molecule has 0 aliphatic carbocycles. The third kappa shape index (κ3) is 3.18. The fourth-order valence-electron chi connectivity index (χ4n) is 1.37. The van der Waals surface area contributed by atoms with Crippen LogP contribution in [0.1, 0.15) is 11.3 Å². The Labute approximate surface area is 97.0 Å². The lowest BCUT2D eigenvalue weighted by Crippen LogP contribution is -2.12. The zero-order chi connectivity index (χ0) is 10.5. The monoisotopic (exact) mass is 265 g/mol. The van der Waals surface area contributed by atoms with Crippen molar-refractivity contribution in [2.24, 2.45) is 0 Å². The zero-order valence-corrected chi connectivity index (χ0v) is 9.79. The molecule has 2 N–H and O–H groups in total. The Morgan fingerprint density at radius 2 is 2.20 bits per heavy atom. The molecule has 1 aromatic heterocycles. The van der Waals surface area contributed by atoms with E-state index >= 15 is 0 Å². The van der Waals surface area contributed by atoms with Crippen LogP contribution in [0.5, 0.6) is 0 Å². The van der Waals surface area contributed by atoms with E-state index in [0.717, 1.165) is 23.3 Å². The molecule has 2 aromatic rings. The Morgan fingerprint density at radius 1 is 1.27 bits per heavy atom. The summed E-state index contributed by atoms with van der Waals surface area (Å²) in [5.41, 5.74) is 2.37. The second kappa shape index (κ2) is 5.09. The highest BCUT2D eigenvalue weighted by atomic mass is 79.9. The highest BCUT2D eigenvalue weighted by Gasteiger charge is 1.95. The molecular weight excluding hydrogens is 254 g/mol. The molecule has 4 heteroatoms. The summed E-state index contributed by atoms with van der Waals surface area (Å²) < 4.78 is 1.11. The molecule has 0 radical (unpaired) electrons. The molecule has 0 unspecified atom stereocenters. The van der Waals surface area contributed by atoms with Gasteiger partial charge in [0, 0.05) is 29.5 Å². The van der Waals surface area contributed by atoms with E-state index in [4.69, 9.17) is 0 Å². The van der Waals surface area contributed by atoms with E-state index in [9.17, 15) is 0 Å². The first kappa shape index (κ1) is 10.4. The number of hydrogen-bond donors (Lipinski definition) is 2. The van der Waals surface area contributed by atoms with Gasteiger partial charge in [-0.25, -0.2) is 0 Å². The van der Waals surface area contributed by atoms with Gasteiger partial charge in [0.25, 0.3) is 0 Å². The third-order valence-electron chi connectivity index (χ3n) is 2.09. The summed E-state index contributed by atoms with van der Waals surface area (Å²) >= 11 is 3.45. The first-order chi connectivity index (χ1) is 7.34. The molecule has 0 atom stereocenters. The van der Waals surface area contributed by atoms with E-state index in [2.05, 4.69) is 43.6 Å². The Hall–Kier alpha value is -1.13. The molecule has 0 spiro atoms. The minimum atomic E-state index is 0.812. The molecule has 15 heavy (non-hydrogen) atoms. The van der Waals surface area contributed by atoms with Crippen molar-refractivity contribution in [3.8, 4) is 0 Å². The lowest BCUT2D eigenvalue weighted by molar-refractivity contribution is 0.677. The van der Waals surface area contributed by atoms with Crippen LogP contribution >= 0.6 is 15.9 Å². The number of H-pyrrole nitrogens is 1. The standard InChI is InChI=1S/C11H12BrN3/c12-10-3-1-2-9(6-10)7-13-8-11-4-5-14-15-11/h1-6,13H,7-8H2,(H,14,15). The van der Waals surface area contributed by atoms with Crippen molar-refractivity contribution in [1.29, 1.82) is 0 Å². The van der Waals surface area contributed by atoms with Gasteiger partial charge in [0.15, 0.2) is 0 Å². The predicted molar refractivity (Wildman–Crippen MR) is 63.3 cm³/mol. The molecule has 0 saturated carbocycles. The van der Waals surface area contributed by atoms with Crippen molar-refractivity contribution in [3.63, 3.8) is 0 Å². The van der Waals surface area contributed by atoms with Gasteiger partial charge < -0.3 is 5.32 Å². The van der Waals surface area contributed by atoms with Gasteiger partial charge in [-0.15, -0.1) is 0 Å². The number of halogens is 1. The molecular formula is C11H12BrN3. The number of aromatic nitrogens is 2. The largest absolute Gasteiger partial charge is 0.307 e. The molecule has 0 bridgehead atoms. The fraction of sp³-hybridized carbons (Fsp3) is 0.182. The minimum Gasteiger partial charge on any atom is -0.307 e. The molecule has 78 valence electrons.